The van der Waals surface area contributed by atoms with E-state index in [9.17, 15) is 0 Å². The van der Waals surface area contributed by atoms with Gasteiger partial charge in [0.05, 0.1) is 0 Å². The zero-order valence-electron chi connectivity index (χ0n) is 11.7. The maximum Gasteiger partial charge on any atom is 0.136 e. The molecule has 0 saturated carbocycles. The van der Waals surface area contributed by atoms with Crippen molar-refractivity contribution in [2.24, 2.45) is 0 Å². The number of nitrogens with zero attached hydrogens (tertiary/aromatic N) is 2. The van der Waals surface area contributed by atoms with E-state index in [0.717, 1.165) is 37.4 Å². The lowest BCUT2D eigenvalue weighted by Gasteiger charge is -2.32. The van der Waals surface area contributed by atoms with E-state index in [1.54, 1.807) is 0 Å². The maximum absolute atomic E-state index is 6.02. The first-order chi connectivity index (χ1) is 9.81. The number of fused-ring (bicyclic) bond motifs is 1. The zero-order chi connectivity index (χ0) is 13.9. The van der Waals surface area contributed by atoms with Crippen LogP contribution >= 0.6 is 11.6 Å². The molecule has 3 rings (SSSR count). The van der Waals surface area contributed by atoms with Crippen LogP contribution in [0, 0.1) is 0 Å². The Hall–Kier alpha value is -1.32. The summed E-state index contributed by atoms with van der Waals surface area (Å²) >= 11 is 6.02. The fraction of sp³-hybridized carbons (Fsp3) is 0.438. The molecule has 4 heteroatoms. The maximum atomic E-state index is 6.02. The molecule has 1 fully saturated rings. The molecule has 0 atom stereocenters. The van der Waals surface area contributed by atoms with E-state index in [4.69, 9.17) is 16.3 Å². The molecule has 2 aromatic rings. The van der Waals surface area contributed by atoms with Crippen molar-refractivity contribution in [2.45, 2.75) is 24.8 Å². The topological polar surface area (TPSA) is 25.4 Å². The Morgan fingerprint density at radius 2 is 1.95 bits per heavy atom. The van der Waals surface area contributed by atoms with E-state index in [1.807, 2.05) is 6.20 Å². The quantitative estimate of drug-likeness (QED) is 0.808. The van der Waals surface area contributed by atoms with Gasteiger partial charge in [-0.2, -0.15) is 0 Å². The first-order valence-electron chi connectivity index (χ1n) is 7.04. The molecule has 0 N–H and O–H groups in total. The Balaban J connectivity index is 2.02. The number of benzene rings is 1. The molecular weight excluding hydrogens is 272 g/mol. The lowest BCUT2D eigenvalue weighted by Crippen LogP contribution is -2.37. The van der Waals surface area contributed by atoms with Gasteiger partial charge in [-0.15, -0.1) is 11.6 Å². The molecule has 0 spiro atoms. The normalized spacial score (nSPS) is 16.5. The zero-order valence-corrected chi connectivity index (χ0v) is 12.4. The first-order valence-corrected chi connectivity index (χ1v) is 7.58. The van der Waals surface area contributed by atoms with E-state index < -0.39 is 0 Å². The third kappa shape index (κ3) is 2.48. The lowest BCUT2D eigenvalue weighted by molar-refractivity contribution is 0.0854. The highest BCUT2D eigenvalue weighted by atomic mass is 35.5. The van der Waals surface area contributed by atoms with Gasteiger partial charge in [-0.1, -0.05) is 24.3 Å². The standard InChI is InChI=1S/C16H19ClN2O/c1-19(13-6-8-20-9-7-13)16-15-5-3-2-4-14(15)12(10-17)11-18-16/h2-5,11,13H,6-10H2,1H3. The second kappa shape index (κ2) is 5.98. The summed E-state index contributed by atoms with van der Waals surface area (Å²) < 4.78 is 5.45. The minimum Gasteiger partial charge on any atom is -0.381 e. The smallest absolute Gasteiger partial charge is 0.136 e. The van der Waals surface area contributed by atoms with Crippen molar-refractivity contribution in [3.8, 4) is 0 Å². The fourth-order valence-corrected chi connectivity index (χ4v) is 3.08. The third-order valence-corrected chi connectivity index (χ3v) is 4.36. The lowest BCUT2D eigenvalue weighted by atomic mass is 10.0. The largest absolute Gasteiger partial charge is 0.381 e. The summed E-state index contributed by atoms with van der Waals surface area (Å²) in [4.78, 5) is 6.95. The molecule has 0 bridgehead atoms. The molecule has 0 amide bonds. The highest BCUT2D eigenvalue weighted by Gasteiger charge is 2.21. The first kappa shape index (κ1) is 13.7. The molecule has 1 aliphatic rings. The molecule has 0 unspecified atom stereocenters. The number of hydrogen-bond acceptors (Lipinski definition) is 3. The second-order valence-corrected chi connectivity index (χ2v) is 5.51. The van der Waals surface area contributed by atoms with E-state index in [2.05, 4.69) is 41.2 Å². The van der Waals surface area contributed by atoms with Crippen LogP contribution in [-0.2, 0) is 10.6 Å². The van der Waals surface area contributed by atoms with Gasteiger partial charge in [0.15, 0.2) is 0 Å². The van der Waals surface area contributed by atoms with Crippen LogP contribution in [0.2, 0.25) is 0 Å². The van der Waals surface area contributed by atoms with Crippen molar-refractivity contribution < 1.29 is 4.74 Å². The van der Waals surface area contributed by atoms with Crippen molar-refractivity contribution in [1.82, 2.24) is 4.98 Å². The Morgan fingerprint density at radius 1 is 1.25 bits per heavy atom. The number of ether oxygens (including phenoxy) is 1. The van der Waals surface area contributed by atoms with Crippen LogP contribution < -0.4 is 4.90 Å². The van der Waals surface area contributed by atoms with Crippen LogP contribution in [0.25, 0.3) is 10.8 Å². The van der Waals surface area contributed by atoms with Gasteiger partial charge in [0, 0.05) is 43.8 Å². The number of rotatable bonds is 3. The number of anilines is 1. The molecule has 3 nitrogen and oxygen atoms in total. The van der Waals surface area contributed by atoms with Crippen molar-refractivity contribution >= 4 is 28.2 Å². The SMILES string of the molecule is CN(c1ncc(CCl)c2ccccc12)C1CCOCC1. The highest BCUT2D eigenvalue weighted by Crippen LogP contribution is 2.29. The van der Waals surface area contributed by atoms with E-state index >= 15 is 0 Å². The Kier molecular flexibility index (Phi) is 4.08. The number of pyridine rings is 1. The number of hydrogen-bond donors (Lipinski definition) is 0. The summed E-state index contributed by atoms with van der Waals surface area (Å²) in [6, 6.07) is 8.86. The van der Waals surface area contributed by atoms with Gasteiger partial charge in [0.25, 0.3) is 0 Å². The van der Waals surface area contributed by atoms with Gasteiger partial charge in [-0.3, -0.25) is 0 Å². The summed E-state index contributed by atoms with van der Waals surface area (Å²) in [5, 5.41) is 2.38. The minimum atomic E-state index is 0.495. The fourth-order valence-electron chi connectivity index (χ4n) is 2.87. The predicted octanol–water partition coefficient (Wildman–Crippen LogP) is 3.59. The van der Waals surface area contributed by atoms with Crippen LogP contribution in [0.4, 0.5) is 5.82 Å². The van der Waals surface area contributed by atoms with Crippen LogP contribution in [0.5, 0.6) is 0 Å². The average Bonchev–Trinajstić information content (AvgIpc) is 2.54. The number of halogens is 1. The summed E-state index contributed by atoms with van der Waals surface area (Å²) in [6.45, 7) is 1.68. The van der Waals surface area contributed by atoms with Gasteiger partial charge < -0.3 is 9.64 Å². The molecule has 20 heavy (non-hydrogen) atoms. The van der Waals surface area contributed by atoms with Crippen molar-refractivity contribution in [1.29, 1.82) is 0 Å². The number of alkyl halides is 1. The van der Waals surface area contributed by atoms with Gasteiger partial charge in [-0.05, 0) is 23.8 Å². The van der Waals surface area contributed by atoms with Crippen molar-refractivity contribution in [3.05, 3.63) is 36.0 Å². The van der Waals surface area contributed by atoms with Gasteiger partial charge >= 0.3 is 0 Å². The second-order valence-electron chi connectivity index (χ2n) is 5.24. The summed E-state index contributed by atoms with van der Waals surface area (Å²) in [5.41, 5.74) is 1.09. The molecule has 1 aliphatic heterocycles. The molecule has 2 heterocycles. The molecule has 1 saturated heterocycles. The van der Waals surface area contributed by atoms with Crippen LogP contribution in [0.1, 0.15) is 18.4 Å². The molecule has 106 valence electrons. The van der Waals surface area contributed by atoms with Crippen LogP contribution in [0.15, 0.2) is 30.5 Å². The number of aromatic nitrogens is 1. The van der Waals surface area contributed by atoms with Crippen LogP contribution in [-0.4, -0.2) is 31.3 Å². The Bertz CT molecular complexity index is 596. The third-order valence-electron chi connectivity index (χ3n) is 4.07. The monoisotopic (exact) mass is 290 g/mol. The summed E-state index contributed by atoms with van der Waals surface area (Å²) in [7, 11) is 2.13. The van der Waals surface area contributed by atoms with Gasteiger partial charge in [0.1, 0.15) is 5.82 Å². The molecule has 1 aromatic heterocycles. The Morgan fingerprint density at radius 3 is 2.65 bits per heavy atom. The Labute approximate surface area is 124 Å². The van der Waals surface area contributed by atoms with E-state index in [0.29, 0.717) is 11.9 Å². The van der Waals surface area contributed by atoms with Crippen LogP contribution in [0.3, 0.4) is 0 Å². The average molecular weight is 291 g/mol. The molecule has 0 aliphatic carbocycles. The van der Waals surface area contributed by atoms with Gasteiger partial charge in [-0.25, -0.2) is 4.98 Å². The molecular formula is C16H19ClN2O. The highest BCUT2D eigenvalue weighted by molar-refractivity contribution is 6.18. The van der Waals surface area contributed by atoms with E-state index in [1.165, 1.54) is 10.8 Å². The molecule has 1 aromatic carbocycles. The van der Waals surface area contributed by atoms with Crippen molar-refractivity contribution in [2.75, 3.05) is 25.2 Å². The van der Waals surface area contributed by atoms with E-state index in [-0.39, 0.29) is 0 Å². The van der Waals surface area contributed by atoms with Crippen molar-refractivity contribution in [3.63, 3.8) is 0 Å². The molecule has 0 radical (unpaired) electrons. The predicted molar refractivity (Wildman–Crippen MR) is 83.5 cm³/mol. The minimum absolute atomic E-state index is 0.495. The van der Waals surface area contributed by atoms with Gasteiger partial charge in [0.2, 0.25) is 0 Å². The summed E-state index contributed by atoms with van der Waals surface area (Å²) in [5.74, 6) is 1.54. The summed E-state index contributed by atoms with van der Waals surface area (Å²) in [6.07, 6.45) is 4.02.